The zero-order chi connectivity index (χ0) is 21.7. The molecule has 0 radical (unpaired) electrons. The molecule has 170 valence electrons. The zero-order valence-corrected chi connectivity index (χ0v) is 18.6. The van der Waals surface area contributed by atoms with Gasteiger partial charge >= 0.3 is 0 Å². The minimum Gasteiger partial charge on any atom is -0.395 e. The molecule has 0 saturated carbocycles. The molecule has 0 aliphatic rings. The second-order valence-electron chi connectivity index (χ2n) is 7.83. The first-order valence-electron chi connectivity index (χ1n) is 11.6. The SMILES string of the molecule is CCCCCCCCCCCCCCCCCC(=O)N(CCO)C(=N)N=C(N)N. The number of amides is 1. The molecule has 0 aliphatic heterocycles. The fraction of sp³-hybridized carbons (Fsp3) is 0.864. The molecule has 0 unspecified atom stereocenters. The van der Waals surface area contributed by atoms with Crippen LogP contribution in [0, 0.1) is 5.41 Å². The first-order valence-corrected chi connectivity index (χ1v) is 11.6. The van der Waals surface area contributed by atoms with Crippen molar-refractivity contribution in [2.45, 2.75) is 110 Å². The number of nitrogens with zero attached hydrogens (tertiary/aromatic N) is 2. The molecule has 0 aromatic rings. The van der Waals surface area contributed by atoms with Crippen LogP contribution in [0.25, 0.3) is 0 Å². The molecule has 7 nitrogen and oxygen atoms in total. The number of unbranched alkanes of at least 4 members (excludes halogenated alkanes) is 14. The Hall–Kier alpha value is -1.63. The number of guanidine groups is 2. The van der Waals surface area contributed by atoms with Crippen LogP contribution in [0.2, 0.25) is 0 Å². The van der Waals surface area contributed by atoms with Gasteiger partial charge in [0.1, 0.15) is 0 Å². The Morgan fingerprint density at radius 3 is 1.62 bits per heavy atom. The first-order chi connectivity index (χ1) is 14.0. The van der Waals surface area contributed by atoms with Crippen molar-refractivity contribution >= 4 is 17.8 Å². The molecule has 0 spiro atoms. The number of carbonyl (C=O) groups excluding carboxylic acids is 1. The molecule has 0 aliphatic carbocycles. The summed E-state index contributed by atoms with van der Waals surface area (Å²) in [4.78, 5) is 16.9. The molecule has 0 fully saturated rings. The molecule has 0 rings (SSSR count). The largest absolute Gasteiger partial charge is 0.395 e. The molecular formula is C22H45N5O2. The number of hydrogen-bond donors (Lipinski definition) is 4. The van der Waals surface area contributed by atoms with Crippen molar-refractivity contribution in [2.24, 2.45) is 16.5 Å². The summed E-state index contributed by atoms with van der Waals surface area (Å²) in [5.41, 5.74) is 10.5. The maximum absolute atomic E-state index is 12.2. The van der Waals surface area contributed by atoms with Crippen molar-refractivity contribution in [2.75, 3.05) is 13.2 Å². The Kier molecular flexibility index (Phi) is 18.6. The minimum atomic E-state index is -0.315. The van der Waals surface area contributed by atoms with Crippen LogP contribution < -0.4 is 11.5 Å². The summed E-state index contributed by atoms with van der Waals surface area (Å²) in [7, 11) is 0. The maximum atomic E-state index is 12.2. The van der Waals surface area contributed by atoms with Crippen LogP contribution in [-0.2, 0) is 4.79 Å². The summed E-state index contributed by atoms with van der Waals surface area (Å²) >= 11 is 0. The van der Waals surface area contributed by atoms with Gasteiger partial charge in [0.2, 0.25) is 11.9 Å². The van der Waals surface area contributed by atoms with E-state index in [0.717, 1.165) is 24.2 Å². The molecule has 0 aromatic heterocycles. The normalized spacial score (nSPS) is 10.7. The van der Waals surface area contributed by atoms with Crippen LogP contribution in [0.15, 0.2) is 4.99 Å². The van der Waals surface area contributed by atoms with Gasteiger partial charge in [-0.25, -0.2) is 0 Å². The van der Waals surface area contributed by atoms with Crippen molar-refractivity contribution in [1.29, 1.82) is 5.41 Å². The third-order valence-corrected chi connectivity index (χ3v) is 5.11. The molecule has 0 heterocycles. The van der Waals surface area contributed by atoms with Crippen LogP contribution in [-0.4, -0.2) is 41.0 Å². The highest BCUT2D eigenvalue weighted by Crippen LogP contribution is 2.14. The topological polar surface area (TPSA) is 129 Å². The van der Waals surface area contributed by atoms with E-state index in [4.69, 9.17) is 22.0 Å². The maximum Gasteiger partial charge on any atom is 0.229 e. The van der Waals surface area contributed by atoms with Crippen LogP contribution in [0.3, 0.4) is 0 Å². The molecule has 7 heteroatoms. The quantitative estimate of drug-likeness (QED) is 0.152. The van der Waals surface area contributed by atoms with Gasteiger partial charge in [-0.05, 0) is 6.42 Å². The zero-order valence-electron chi connectivity index (χ0n) is 18.6. The fourth-order valence-electron chi connectivity index (χ4n) is 3.41. The summed E-state index contributed by atoms with van der Waals surface area (Å²) in [5, 5.41) is 16.8. The number of carbonyl (C=O) groups is 1. The van der Waals surface area contributed by atoms with E-state index in [1.165, 1.54) is 77.0 Å². The fourth-order valence-corrected chi connectivity index (χ4v) is 3.41. The van der Waals surface area contributed by atoms with E-state index in [9.17, 15) is 4.79 Å². The van der Waals surface area contributed by atoms with Gasteiger partial charge in [-0.1, -0.05) is 96.8 Å². The summed E-state index contributed by atoms with van der Waals surface area (Å²) < 4.78 is 0. The molecule has 0 atom stereocenters. The van der Waals surface area contributed by atoms with Gasteiger partial charge in [0.05, 0.1) is 13.2 Å². The lowest BCUT2D eigenvalue weighted by atomic mass is 10.0. The van der Waals surface area contributed by atoms with Gasteiger partial charge in [0, 0.05) is 6.42 Å². The summed E-state index contributed by atoms with van der Waals surface area (Å²) in [6.07, 6.45) is 19.5. The Morgan fingerprint density at radius 2 is 1.24 bits per heavy atom. The van der Waals surface area contributed by atoms with E-state index in [-0.39, 0.29) is 31.0 Å². The highest BCUT2D eigenvalue weighted by atomic mass is 16.3. The van der Waals surface area contributed by atoms with Crippen molar-refractivity contribution in [3.63, 3.8) is 0 Å². The van der Waals surface area contributed by atoms with Crippen LogP contribution in [0.4, 0.5) is 0 Å². The Balaban J connectivity index is 3.60. The van der Waals surface area contributed by atoms with Crippen molar-refractivity contribution in [1.82, 2.24) is 4.90 Å². The average Bonchev–Trinajstić information content (AvgIpc) is 2.68. The van der Waals surface area contributed by atoms with Gasteiger partial charge in [-0.15, -0.1) is 0 Å². The lowest BCUT2D eigenvalue weighted by molar-refractivity contribution is -0.127. The number of nitrogens with one attached hydrogen (secondary N) is 1. The first kappa shape index (κ1) is 27.4. The molecule has 0 saturated heterocycles. The van der Waals surface area contributed by atoms with Gasteiger partial charge in [-0.3, -0.25) is 15.1 Å². The van der Waals surface area contributed by atoms with Crippen molar-refractivity contribution in [3.8, 4) is 0 Å². The molecular weight excluding hydrogens is 366 g/mol. The predicted octanol–water partition coefficient (Wildman–Crippen LogP) is 4.28. The number of aliphatic hydroxyl groups is 1. The molecule has 1 amide bonds. The van der Waals surface area contributed by atoms with Gasteiger partial charge in [-0.2, -0.15) is 4.99 Å². The van der Waals surface area contributed by atoms with E-state index in [2.05, 4.69) is 11.9 Å². The molecule has 0 aromatic carbocycles. The summed E-state index contributed by atoms with van der Waals surface area (Å²) in [5.74, 6) is -0.800. The lowest BCUT2D eigenvalue weighted by Gasteiger charge is -2.19. The van der Waals surface area contributed by atoms with E-state index < -0.39 is 0 Å². The van der Waals surface area contributed by atoms with Gasteiger partial charge in [0.15, 0.2) is 5.96 Å². The standard InChI is InChI=1S/C22H45N5O2/c1-2-3-4-5-6-7-8-9-10-11-12-13-14-15-16-17-20(29)27(18-19-28)22(25)26-21(23)24/h28H,2-19H2,1H3,(H5,23,24,25,26). The van der Waals surface area contributed by atoms with Gasteiger partial charge in [0.25, 0.3) is 0 Å². The predicted molar refractivity (Wildman–Crippen MR) is 122 cm³/mol. The van der Waals surface area contributed by atoms with Gasteiger partial charge < -0.3 is 16.6 Å². The van der Waals surface area contributed by atoms with Crippen LogP contribution in [0.5, 0.6) is 0 Å². The number of nitrogens with two attached hydrogens (primary N) is 2. The van der Waals surface area contributed by atoms with Crippen LogP contribution in [0.1, 0.15) is 110 Å². The van der Waals surface area contributed by atoms with E-state index in [1.807, 2.05) is 0 Å². The lowest BCUT2D eigenvalue weighted by Crippen LogP contribution is -2.39. The number of hydrogen-bond acceptors (Lipinski definition) is 3. The van der Waals surface area contributed by atoms with E-state index >= 15 is 0 Å². The van der Waals surface area contributed by atoms with Crippen molar-refractivity contribution < 1.29 is 9.90 Å². The highest BCUT2D eigenvalue weighted by molar-refractivity contribution is 6.00. The average molecular weight is 412 g/mol. The minimum absolute atomic E-state index is 0.0349. The third-order valence-electron chi connectivity index (χ3n) is 5.11. The smallest absolute Gasteiger partial charge is 0.229 e. The number of aliphatic hydroxyl groups excluding tert-OH is 1. The Labute approximate surface area is 177 Å². The van der Waals surface area contributed by atoms with E-state index in [0.29, 0.717) is 6.42 Å². The second-order valence-corrected chi connectivity index (χ2v) is 7.83. The van der Waals surface area contributed by atoms with E-state index in [1.54, 1.807) is 0 Å². The summed E-state index contributed by atoms with van der Waals surface area (Å²) in [6, 6.07) is 0. The number of rotatable bonds is 18. The van der Waals surface area contributed by atoms with Crippen LogP contribution >= 0.6 is 0 Å². The molecule has 0 bridgehead atoms. The molecule has 29 heavy (non-hydrogen) atoms. The monoisotopic (exact) mass is 411 g/mol. The third kappa shape index (κ3) is 17.0. The summed E-state index contributed by atoms with van der Waals surface area (Å²) in [6.45, 7) is 2.07. The Morgan fingerprint density at radius 1 is 0.828 bits per heavy atom. The highest BCUT2D eigenvalue weighted by Gasteiger charge is 2.17. The Bertz CT molecular complexity index is 450. The second kappa shape index (κ2) is 19.7. The molecule has 6 N–H and O–H groups in total. The number of aliphatic imine (C=N–C) groups is 1. The van der Waals surface area contributed by atoms with Crippen molar-refractivity contribution in [3.05, 3.63) is 0 Å².